The molecule has 0 bridgehead atoms. The predicted octanol–water partition coefficient (Wildman–Crippen LogP) is 2.70. The SMILES string of the molecule is CC(C)(C)OC(=O)N(C1=CC(N2CCOCC2)=NC(C)(S(C)(=O)=O)N1)C1CCC(F)(F)CC1. The zero-order valence-corrected chi connectivity index (χ0v) is 20.7. The number of carbonyl (C=O) groups is 1. The molecule has 2 fully saturated rings. The average Bonchev–Trinajstić information content (AvgIpc) is 2.67. The third kappa shape index (κ3) is 6.14. The van der Waals surface area contributed by atoms with E-state index in [4.69, 9.17) is 9.47 Å². The van der Waals surface area contributed by atoms with E-state index in [1.54, 1.807) is 26.8 Å². The van der Waals surface area contributed by atoms with Crippen LogP contribution in [0.4, 0.5) is 13.6 Å². The molecule has 188 valence electrons. The highest BCUT2D eigenvalue weighted by molar-refractivity contribution is 7.92. The highest BCUT2D eigenvalue weighted by Crippen LogP contribution is 2.37. The number of morpholine rings is 1. The van der Waals surface area contributed by atoms with Crippen LogP contribution in [0.5, 0.6) is 0 Å². The van der Waals surface area contributed by atoms with Crippen molar-refractivity contribution in [2.75, 3.05) is 32.6 Å². The van der Waals surface area contributed by atoms with Gasteiger partial charge in [0.15, 0.2) is 9.84 Å². The van der Waals surface area contributed by atoms with Gasteiger partial charge in [0, 0.05) is 44.3 Å². The standard InChI is InChI=1S/C21H34F2N4O5S/c1-19(2,3)32-18(28)27(15-6-8-21(22,23)9-7-15)17-14-16(26-10-12-31-13-11-26)24-20(4,25-17)33(5,29)30/h14-15,25H,6-13H2,1-5H3. The number of aliphatic imine (C=N–C) groups is 1. The molecule has 2 aliphatic heterocycles. The van der Waals surface area contributed by atoms with Gasteiger partial charge in [0.05, 0.1) is 13.2 Å². The number of amidine groups is 1. The Labute approximate surface area is 194 Å². The quantitative estimate of drug-likeness (QED) is 0.647. The second-order valence-electron chi connectivity index (χ2n) is 9.92. The molecule has 3 aliphatic rings. The summed E-state index contributed by atoms with van der Waals surface area (Å²) in [6.07, 6.45) is 1.32. The molecule has 12 heteroatoms. The number of alkyl halides is 2. The summed E-state index contributed by atoms with van der Waals surface area (Å²) in [7, 11) is -3.77. The van der Waals surface area contributed by atoms with Crippen molar-refractivity contribution >= 4 is 21.8 Å². The first-order chi connectivity index (χ1) is 15.1. The van der Waals surface area contributed by atoms with Crippen LogP contribution in [0.2, 0.25) is 0 Å². The largest absolute Gasteiger partial charge is 0.443 e. The highest BCUT2D eigenvalue weighted by Gasteiger charge is 2.45. The van der Waals surface area contributed by atoms with Crippen LogP contribution in [0.1, 0.15) is 53.4 Å². The van der Waals surface area contributed by atoms with Crippen molar-refractivity contribution in [3.63, 3.8) is 0 Å². The molecule has 3 rings (SSSR count). The van der Waals surface area contributed by atoms with Crippen molar-refractivity contribution in [2.45, 2.75) is 75.9 Å². The molecule has 0 aromatic rings. The Morgan fingerprint density at radius 1 is 1.27 bits per heavy atom. The first-order valence-electron chi connectivity index (χ1n) is 11.1. The number of nitrogens with one attached hydrogen (secondary N) is 1. The maximum Gasteiger partial charge on any atom is 0.416 e. The van der Waals surface area contributed by atoms with Gasteiger partial charge >= 0.3 is 6.09 Å². The van der Waals surface area contributed by atoms with Gasteiger partial charge in [0.1, 0.15) is 17.3 Å². The molecule has 1 atom stereocenters. The van der Waals surface area contributed by atoms with Crippen LogP contribution in [-0.4, -0.2) is 85.3 Å². The van der Waals surface area contributed by atoms with E-state index in [2.05, 4.69) is 10.3 Å². The maximum absolute atomic E-state index is 13.9. The van der Waals surface area contributed by atoms with Gasteiger partial charge in [-0.15, -0.1) is 0 Å². The van der Waals surface area contributed by atoms with Gasteiger partial charge in [-0.25, -0.2) is 27.0 Å². The van der Waals surface area contributed by atoms with Crippen molar-refractivity contribution in [1.82, 2.24) is 15.1 Å². The highest BCUT2D eigenvalue weighted by atomic mass is 32.2. The first kappa shape index (κ1) is 25.7. The van der Waals surface area contributed by atoms with Gasteiger partial charge < -0.3 is 19.7 Å². The summed E-state index contributed by atoms with van der Waals surface area (Å²) in [5.41, 5.74) is -0.829. The molecule has 1 amide bonds. The molecule has 0 aromatic carbocycles. The number of halogens is 2. The molecular weight excluding hydrogens is 458 g/mol. The number of hydrogen-bond donors (Lipinski definition) is 1. The summed E-state index contributed by atoms with van der Waals surface area (Å²) in [6.45, 7) is 8.47. The van der Waals surface area contributed by atoms with E-state index in [1.807, 2.05) is 4.90 Å². The molecule has 33 heavy (non-hydrogen) atoms. The average molecular weight is 493 g/mol. The molecule has 1 saturated carbocycles. The van der Waals surface area contributed by atoms with Crippen LogP contribution in [0.3, 0.4) is 0 Å². The van der Waals surface area contributed by atoms with Crippen molar-refractivity contribution in [3.05, 3.63) is 11.9 Å². The summed E-state index contributed by atoms with van der Waals surface area (Å²) in [4.78, 5) is 19.2. The van der Waals surface area contributed by atoms with Gasteiger partial charge in [-0.3, -0.25) is 4.90 Å². The predicted molar refractivity (Wildman–Crippen MR) is 120 cm³/mol. The lowest BCUT2D eigenvalue weighted by Crippen LogP contribution is -2.58. The van der Waals surface area contributed by atoms with E-state index in [-0.39, 0.29) is 31.5 Å². The van der Waals surface area contributed by atoms with Gasteiger partial charge in [0.2, 0.25) is 10.9 Å². The zero-order valence-electron chi connectivity index (χ0n) is 19.9. The molecule has 0 spiro atoms. The molecule has 0 radical (unpaired) electrons. The normalized spacial score (nSPS) is 26.7. The number of carbonyl (C=O) groups excluding carboxylic acids is 1. The summed E-state index contributed by atoms with van der Waals surface area (Å²) >= 11 is 0. The van der Waals surface area contributed by atoms with Crippen LogP contribution in [0.15, 0.2) is 16.9 Å². The molecule has 9 nitrogen and oxygen atoms in total. The number of sulfone groups is 1. The number of hydrogen-bond acceptors (Lipinski definition) is 8. The van der Waals surface area contributed by atoms with Gasteiger partial charge in [-0.2, -0.15) is 0 Å². The third-order valence-corrected chi connectivity index (χ3v) is 7.55. The smallest absolute Gasteiger partial charge is 0.416 e. The second-order valence-corrected chi connectivity index (χ2v) is 12.3. The van der Waals surface area contributed by atoms with Crippen molar-refractivity contribution in [2.24, 2.45) is 4.99 Å². The number of nitrogens with zero attached hydrogens (tertiary/aromatic N) is 3. The van der Waals surface area contributed by atoms with Crippen LogP contribution < -0.4 is 5.32 Å². The lowest BCUT2D eigenvalue weighted by molar-refractivity contribution is -0.0541. The van der Waals surface area contributed by atoms with E-state index >= 15 is 0 Å². The van der Waals surface area contributed by atoms with E-state index in [1.165, 1.54) is 11.8 Å². The summed E-state index contributed by atoms with van der Waals surface area (Å²) in [5.74, 6) is -2.23. The topological polar surface area (TPSA) is 101 Å². The Morgan fingerprint density at radius 3 is 2.36 bits per heavy atom. The molecule has 0 aromatic heterocycles. The van der Waals surface area contributed by atoms with Crippen LogP contribution >= 0.6 is 0 Å². The molecule has 1 unspecified atom stereocenters. The van der Waals surface area contributed by atoms with Crippen LogP contribution in [0.25, 0.3) is 0 Å². The molecule has 1 saturated heterocycles. The minimum absolute atomic E-state index is 0.0604. The van der Waals surface area contributed by atoms with Crippen molar-refractivity contribution < 1.29 is 31.5 Å². The molecule has 1 N–H and O–H groups in total. The van der Waals surface area contributed by atoms with Crippen LogP contribution in [-0.2, 0) is 19.3 Å². The number of ether oxygens (including phenoxy) is 2. The summed E-state index contributed by atoms with van der Waals surface area (Å²) in [5, 5.41) is 2.89. The Kier molecular flexibility index (Phi) is 7.01. The van der Waals surface area contributed by atoms with Gasteiger partial charge in [-0.05, 0) is 40.5 Å². The molecule has 1 aliphatic carbocycles. The van der Waals surface area contributed by atoms with E-state index < -0.39 is 38.5 Å². The maximum atomic E-state index is 13.9. The Hall–Kier alpha value is -1.95. The monoisotopic (exact) mass is 492 g/mol. The molecule has 2 heterocycles. The summed E-state index contributed by atoms with van der Waals surface area (Å²) < 4.78 is 64.1. The lowest BCUT2D eigenvalue weighted by atomic mass is 9.91. The lowest BCUT2D eigenvalue weighted by Gasteiger charge is -2.43. The van der Waals surface area contributed by atoms with Gasteiger partial charge in [0.25, 0.3) is 0 Å². The molecular formula is C21H34F2N4O5S. The fourth-order valence-corrected chi connectivity index (χ4v) is 4.52. The Bertz CT molecular complexity index is 915. The third-order valence-electron chi connectivity index (χ3n) is 5.91. The minimum atomic E-state index is -3.77. The van der Waals surface area contributed by atoms with Gasteiger partial charge in [-0.1, -0.05) is 0 Å². The zero-order chi connectivity index (χ0) is 24.7. The summed E-state index contributed by atoms with van der Waals surface area (Å²) in [6, 6.07) is -0.578. The van der Waals surface area contributed by atoms with Crippen molar-refractivity contribution in [1.29, 1.82) is 0 Å². The second kappa shape index (κ2) is 9.01. The number of amides is 1. The van der Waals surface area contributed by atoms with E-state index in [9.17, 15) is 22.0 Å². The van der Waals surface area contributed by atoms with Crippen LogP contribution in [0, 0.1) is 0 Å². The van der Waals surface area contributed by atoms with Crippen molar-refractivity contribution in [3.8, 4) is 0 Å². The fourth-order valence-electron chi connectivity index (χ4n) is 3.97. The minimum Gasteiger partial charge on any atom is -0.443 e. The van der Waals surface area contributed by atoms with E-state index in [0.717, 1.165) is 6.26 Å². The Balaban J connectivity index is 2.03. The van der Waals surface area contributed by atoms with E-state index in [0.29, 0.717) is 32.1 Å². The number of rotatable bonds is 3. The fraction of sp³-hybridized carbons (Fsp3) is 0.810. The Morgan fingerprint density at radius 2 is 1.85 bits per heavy atom. The first-order valence-corrected chi connectivity index (χ1v) is 13.0.